The molecule has 0 bridgehead atoms. The molecule has 2 fully saturated rings. The summed E-state index contributed by atoms with van der Waals surface area (Å²) in [6, 6.07) is 0. The zero-order chi connectivity index (χ0) is 13.9. The molecule has 19 heavy (non-hydrogen) atoms. The Morgan fingerprint density at radius 2 is 1.89 bits per heavy atom. The number of amides is 1. The second kappa shape index (κ2) is 6.23. The minimum Gasteiger partial charge on any atom is -0.340 e. The van der Waals surface area contributed by atoms with Crippen molar-refractivity contribution < 1.29 is 4.79 Å². The second-order valence-electron chi connectivity index (χ2n) is 6.96. The summed E-state index contributed by atoms with van der Waals surface area (Å²) in [5.41, 5.74) is 0.225. The van der Waals surface area contributed by atoms with Gasteiger partial charge in [0, 0.05) is 38.1 Å². The van der Waals surface area contributed by atoms with Crippen LogP contribution in [0.2, 0.25) is 0 Å². The Balaban J connectivity index is 1.76. The van der Waals surface area contributed by atoms with Gasteiger partial charge in [-0.25, -0.2) is 0 Å². The molecule has 2 heterocycles. The van der Waals surface area contributed by atoms with Crippen molar-refractivity contribution in [3.05, 3.63) is 0 Å². The van der Waals surface area contributed by atoms with Crippen LogP contribution in [-0.2, 0) is 4.79 Å². The van der Waals surface area contributed by atoms with Gasteiger partial charge in [-0.15, -0.1) is 0 Å². The van der Waals surface area contributed by atoms with E-state index in [-0.39, 0.29) is 5.54 Å². The van der Waals surface area contributed by atoms with Crippen molar-refractivity contribution in [1.82, 2.24) is 15.1 Å². The summed E-state index contributed by atoms with van der Waals surface area (Å²) in [5.74, 6) is 0.921. The van der Waals surface area contributed by atoms with Gasteiger partial charge in [0.1, 0.15) is 0 Å². The van der Waals surface area contributed by atoms with Crippen molar-refractivity contribution in [2.75, 3.05) is 39.3 Å². The largest absolute Gasteiger partial charge is 0.340 e. The van der Waals surface area contributed by atoms with E-state index in [1.54, 1.807) is 0 Å². The van der Waals surface area contributed by atoms with Gasteiger partial charge in [0.05, 0.1) is 0 Å². The number of piperidine rings is 1. The van der Waals surface area contributed by atoms with Crippen LogP contribution in [0.15, 0.2) is 0 Å². The minimum absolute atomic E-state index is 0.225. The smallest absolute Gasteiger partial charge is 0.222 e. The molecule has 0 saturated carbocycles. The molecule has 1 unspecified atom stereocenters. The molecule has 0 aromatic heterocycles. The fourth-order valence-electron chi connectivity index (χ4n) is 3.10. The third-order valence-corrected chi connectivity index (χ3v) is 4.44. The van der Waals surface area contributed by atoms with E-state index in [0.717, 1.165) is 45.7 Å². The molecule has 0 aromatic carbocycles. The van der Waals surface area contributed by atoms with Crippen molar-refractivity contribution >= 4 is 5.91 Å². The minimum atomic E-state index is 0.225. The number of hydrogen-bond acceptors (Lipinski definition) is 3. The summed E-state index contributed by atoms with van der Waals surface area (Å²) in [4.78, 5) is 16.8. The molecule has 2 rings (SSSR count). The van der Waals surface area contributed by atoms with E-state index in [1.807, 2.05) is 0 Å². The molecular formula is C15H29N3O. The number of piperazine rings is 1. The van der Waals surface area contributed by atoms with Crippen molar-refractivity contribution in [3.63, 3.8) is 0 Å². The maximum absolute atomic E-state index is 12.3. The van der Waals surface area contributed by atoms with Crippen LogP contribution >= 0.6 is 0 Å². The van der Waals surface area contributed by atoms with Gasteiger partial charge in [0.2, 0.25) is 5.91 Å². The highest BCUT2D eigenvalue weighted by Gasteiger charge is 2.28. The molecule has 1 amide bonds. The van der Waals surface area contributed by atoms with E-state index in [1.165, 1.54) is 12.8 Å². The maximum Gasteiger partial charge on any atom is 0.222 e. The first kappa shape index (κ1) is 14.8. The Hall–Kier alpha value is -0.610. The number of carbonyl (C=O) groups excluding carboxylic acids is 1. The van der Waals surface area contributed by atoms with Gasteiger partial charge in [0.25, 0.3) is 0 Å². The van der Waals surface area contributed by atoms with Gasteiger partial charge in [-0.1, -0.05) is 0 Å². The Kier molecular flexibility index (Phi) is 4.85. The third-order valence-electron chi connectivity index (χ3n) is 4.44. The summed E-state index contributed by atoms with van der Waals surface area (Å²) >= 11 is 0. The van der Waals surface area contributed by atoms with Crippen molar-refractivity contribution in [2.45, 2.75) is 45.6 Å². The van der Waals surface area contributed by atoms with Crippen molar-refractivity contribution in [2.24, 2.45) is 5.92 Å². The van der Waals surface area contributed by atoms with E-state index in [0.29, 0.717) is 11.8 Å². The number of rotatable bonds is 2. The Morgan fingerprint density at radius 3 is 2.42 bits per heavy atom. The van der Waals surface area contributed by atoms with Gasteiger partial charge in [-0.3, -0.25) is 9.69 Å². The van der Waals surface area contributed by atoms with Crippen molar-refractivity contribution in [3.8, 4) is 0 Å². The lowest BCUT2D eigenvalue weighted by Gasteiger charge is -2.42. The molecule has 110 valence electrons. The lowest BCUT2D eigenvalue weighted by atomic mass is 9.95. The predicted molar refractivity (Wildman–Crippen MR) is 78.1 cm³/mol. The van der Waals surface area contributed by atoms with Gasteiger partial charge in [-0.05, 0) is 52.6 Å². The first-order valence-electron chi connectivity index (χ1n) is 7.70. The predicted octanol–water partition coefficient (Wildman–Crippen LogP) is 1.32. The molecule has 4 heteroatoms. The summed E-state index contributed by atoms with van der Waals surface area (Å²) in [7, 11) is 0. The summed E-state index contributed by atoms with van der Waals surface area (Å²) < 4.78 is 0. The SMILES string of the molecule is CC(C)(C)N1CCN(C(=O)CC2CCCNC2)CC1. The molecule has 2 saturated heterocycles. The first-order chi connectivity index (χ1) is 8.97. The van der Waals surface area contributed by atoms with Crippen LogP contribution < -0.4 is 5.32 Å². The zero-order valence-electron chi connectivity index (χ0n) is 12.7. The third kappa shape index (κ3) is 4.18. The monoisotopic (exact) mass is 267 g/mol. The molecule has 4 nitrogen and oxygen atoms in total. The lowest BCUT2D eigenvalue weighted by Crippen LogP contribution is -2.55. The number of carbonyl (C=O) groups is 1. The summed E-state index contributed by atoms with van der Waals surface area (Å²) in [6.07, 6.45) is 3.17. The molecule has 1 atom stereocenters. The molecule has 0 aromatic rings. The molecule has 0 spiro atoms. The van der Waals surface area contributed by atoms with Gasteiger partial charge in [-0.2, -0.15) is 0 Å². The highest BCUT2D eigenvalue weighted by Crippen LogP contribution is 2.19. The Labute approximate surface area is 117 Å². The standard InChI is InChI=1S/C15H29N3O/c1-15(2,3)18-9-7-17(8-10-18)14(19)11-13-5-4-6-16-12-13/h13,16H,4-12H2,1-3H3. The van der Waals surface area contributed by atoms with Crippen LogP contribution in [-0.4, -0.2) is 60.5 Å². The second-order valence-corrected chi connectivity index (χ2v) is 6.96. The average Bonchev–Trinajstić information content (AvgIpc) is 2.39. The highest BCUT2D eigenvalue weighted by molar-refractivity contribution is 5.76. The summed E-state index contributed by atoms with van der Waals surface area (Å²) in [6.45, 7) is 12.7. The molecular weight excluding hydrogens is 238 g/mol. The van der Waals surface area contributed by atoms with Crippen molar-refractivity contribution in [1.29, 1.82) is 0 Å². The van der Waals surface area contributed by atoms with E-state index >= 15 is 0 Å². The van der Waals surface area contributed by atoms with Crippen LogP contribution in [0, 0.1) is 5.92 Å². The van der Waals surface area contributed by atoms with Crippen LogP contribution in [0.25, 0.3) is 0 Å². The first-order valence-corrected chi connectivity index (χ1v) is 7.70. The Morgan fingerprint density at radius 1 is 1.21 bits per heavy atom. The fraction of sp³-hybridized carbons (Fsp3) is 0.933. The molecule has 2 aliphatic heterocycles. The van der Waals surface area contributed by atoms with Gasteiger partial charge >= 0.3 is 0 Å². The highest BCUT2D eigenvalue weighted by atomic mass is 16.2. The van der Waals surface area contributed by atoms with E-state index in [2.05, 4.69) is 35.9 Å². The maximum atomic E-state index is 12.3. The summed E-state index contributed by atoms with van der Waals surface area (Å²) in [5, 5.41) is 3.39. The van der Waals surface area contributed by atoms with Gasteiger partial charge < -0.3 is 10.2 Å². The average molecular weight is 267 g/mol. The molecule has 0 radical (unpaired) electrons. The zero-order valence-corrected chi connectivity index (χ0v) is 12.7. The van der Waals surface area contributed by atoms with Crippen LogP contribution in [0.4, 0.5) is 0 Å². The number of nitrogens with one attached hydrogen (secondary N) is 1. The van der Waals surface area contributed by atoms with E-state index < -0.39 is 0 Å². The van der Waals surface area contributed by atoms with E-state index in [4.69, 9.17) is 0 Å². The van der Waals surface area contributed by atoms with Gasteiger partial charge in [0.15, 0.2) is 0 Å². The lowest BCUT2D eigenvalue weighted by molar-refractivity contribution is -0.134. The fourth-order valence-corrected chi connectivity index (χ4v) is 3.10. The van der Waals surface area contributed by atoms with E-state index in [9.17, 15) is 4.79 Å². The normalized spacial score (nSPS) is 26.5. The Bertz CT molecular complexity index is 297. The molecule has 1 N–H and O–H groups in total. The van der Waals surface area contributed by atoms with Crippen LogP contribution in [0.1, 0.15) is 40.0 Å². The molecule has 0 aliphatic carbocycles. The number of hydrogen-bond donors (Lipinski definition) is 1. The van der Waals surface area contributed by atoms with Crippen LogP contribution in [0.5, 0.6) is 0 Å². The number of nitrogens with zero attached hydrogens (tertiary/aromatic N) is 2. The molecule has 2 aliphatic rings. The van der Waals surface area contributed by atoms with Crippen LogP contribution in [0.3, 0.4) is 0 Å². The quantitative estimate of drug-likeness (QED) is 0.819. The topological polar surface area (TPSA) is 35.6 Å².